The molecule has 5 nitrogen and oxygen atoms in total. The fourth-order valence-corrected chi connectivity index (χ4v) is 1.94. The Labute approximate surface area is 99.9 Å². The molecule has 1 aliphatic heterocycles. The Balaban J connectivity index is 2.29. The van der Waals surface area contributed by atoms with Crippen molar-refractivity contribution in [3.8, 4) is 0 Å². The third kappa shape index (κ3) is 2.55. The van der Waals surface area contributed by atoms with Gasteiger partial charge in [0.1, 0.15) is 5.69 Å². The van der Waals surface area contributed by atoms with E-state index >= 15 is 0 Å². The summed E-state index contributed by atoms with van der Waals surface area (Å²) >= 11 is 0. The maximum atomic E-state index is 11.0. The number of nitro benzene ring substituents is 1. The van der Waals surface area contributed by atoms with Crippen molar-refractivity contribution >= 4 is 11.4 Å². The number of nitrogens with one attached hydrogen (secondary N) is 1. The van der Waals surface area contributed by atoms with Gasteiger partial charge in [0.05, 0.1) is 17.6 Å². The molecule has 1 aliphatic rings. The van der Waals surface area contributed by atoms with Gasteiger partial charge in [-0.25, -0.2) is 0 Å². The molecule has 0 spiro atoms. The van der Waals surface area contributed by atoms with Gasteiger partial charge in [-0.05, 0) is 37.5 Å². The van der Waals surface area contributed by atoms with Crippen molar-refractivity contribution in [2.75, 3.05) is 18.5 Å². The van der Waals surface area contributed by atoms with Crippen LogP contribution in [0.3, 0.4) is 0 Å². The number of benzene rings is 1. The summed E-state index contributed by atoms with van der Waals surface area (Å²) in [4.78, 5) is 10.7. The molecule has 0 aromatic heterocycles. The Hall–Kier alpha value is -1.62. The van der Waals surface area contributed by atoms with Crippen LogP contribution >= 0.6 is 0 Å². The second kappa shape index (κ2) is 4.71. The summed E-state index contributed by atoms with van der Waals surface area (Å²) in [5, 5.41) is 14.2. The van der Waals surface area contributed by atoms with E-state index in [1.54, 1.807) is 6.07 Å². The van der Waals surface area contributed by atoms with E-state index in [-0.39, 0.29) is 16.7 Å². The molecule has 1 heterocycles. The SMILES string of the molecule is Cc1cc(NC2CCOC2)c([N+](=O)[O-])cc1C. The Morgan fingerprint density at radius 2 is 2.12 bits per heavy atom. The van der Waals surface area contributed by atoms with Crippen molar-refractivity contribution in [2.45, 2.75) is 26.3 Å². The number of ether oxygens (including phenoxy) is 1. The fourth-order valence-electron chi connectivity index (χ4n) is 1.94. The Bertz CT molecular complexity index is 440. The van der Waals surface area contributed by atoms with Gasteiger partial charge < -0.3 is 10.1 Å². The molecule has 2 rings (SSSR count). The second-order valence-electron chi connectivity index (χ2n) is 4.42. The minimum atomic E-state index is -0.343. The van der Waals surface area contributed by atoms with Crippen LogP contribution in [-0.2, 0) is 4.74 Å². The van der Waals surface area contributed by atoms with E-state index in [0.29, 0.717) is 12.3 Å². The van der Waals surface area contributed by atoms with Crippen molar-refractivity contribution in [2.24, 2.45) is 0 Å². The van der Waals surface area contributed by atoms with Crippen molar-refractivity contribution in [3.63, 3.8) is 0 Å². The summed E-state index contributed by atoms with van der Waals surface area (Å²) in [6.45, 7) is 5.17. The minimum Gasteiger partial charge on any atom is -0.379 e. The van der Waals surface area contributed by atoms with Crippen LogP contribution in [0.1, 0.15) is 17.5 Å². The van der Waals surface area contributed by atoms with Crippen LogP contribution in [0.15, 0.2) is 12.1 Å². The highest BCUT2D eigenvalue weighted by atomic mass is 16.6. The first-order valence-corrected chi connectivity index (χ1v) is 5.68. The molecule has 1 atom stereocenters. The highest BCUT2D eigenvalue weighted by Crippen LogP contribution is 2.29. The zero-order valence-electron chi connectivity index (χ0n) is 10.0. The molecular weight excluding hydrogens is 220 g/mol. The van der Waals surface area contributed by atoms with E-state index in [1.165, 1.54) is 0 Å². The summed E-state index contributed by atoms with van der Waals surface area (Å²) in [5.41, 5.74) is 2.72. The number of aryl methyl sites for hydroxylation is 2. The van der Waals surface area contributed by atoms with Gasteiger partial charge in [0, 0.05) is 12.7 Å². The van der Waals surface area contributed by atoms with Crippen LogP contribution in [-0.4, -0.2) is 24.2 Å². The predicted molar refractivity (Wildman–Crippen MR) is 65.4 cm³/mol. The molecule has 0 amide bonds. The summed E-state index contributed by atoms with van der Waals surface area (Å²) in [6.07, 6.45) is 0.893. The highest BCUT2D eigenvalue weighted by molar-refractivity contribution is 5.65. The average molecular weight is 236 g/mol. The van der Waals surface area contributed by atoms with E-state index in [1.807, 2.05) is 19.9 Å². The fraction of sp³-hybridized carbons (Fsp3) is 0.500. The largest absolute Gasteiger partial charge is 0.379 e. The molecule has 0 bridgehead atoms. The van der Waals surface area contributed by atoms with Gasteiger partial charge in [0.2, 0.25) is 0 Å². The average Bonchev–Trinajstić information content (AvgIpc) is 2.75. The van der Waals surface area contributed by atoms with Gasteiger partial charge in [-0.2, -0.15) is 0 Å². The Morgan fingerprint density at radius 3 is 2.71 bits per heavy atom. The van der Waals surface area contributed by atoms with Gasteiger partial charge in [-0.1, -0.05) is 0 Å². The standard InChI is InChI=1S/C12H16N2O3/c1-8-5-11(13-10-3-4-17-7-10)12(14(15)16)6-9(8)2/h5-6,10,13H,3-4,7H2,1-2H3. The zero-order valence-corrected chi connectivity index (χ0v) is 10.0. The first-order chi connectivity index (χ1) is 8.08. The second-order valence-corrected chi connectivity index (χ2v) is 4.42. The lowest BCUT2D eigenvalue weighted by Crippen LogP contribution is -2.19. The maximum Gasteiger partial charge on any atom is 0.292 e. The number of hydrogen-bond acceptors (Lipinski definition) is 4. The van der Waals surface area contributed by atoms with Gasteiger partial charge in [-0.3, -0.25) is 10.1 Å². The number of nitro groups is 1. The summed E-state index contributed by atoms with van der Waals surface area (Å²) in [5.74, 6) is 0. The molecule has 1 fully saturated rings. The summed E-state index contributed by atoms with van der Waals surface area (Å²) in [6, 6.07) is 3.63. The summed E-state index contributed by atoms with van der Waals surface area (Å²) < 4.78 is 5.25. The topological polar surface area (TPSA) is 64.4 Å². The van der Waals surface area contributed by atoms with Gasteiger partial charge in [-0.15, -0.1) is 0 Å². The van der Waals surface area contributed by atoms with E-state index in [0.717, 1.165) is 24.2 Å². The van der Waals surface area contributed by atoms with Crippen LogP contribution in [0.5, 0.6) is 0 Å². The van der Waals surface area contributed by atoms with Crippen molar-refractivity contribution in [1.82, 2.24) is 0 Å². The molecule has 1 unspecified atom stereocenters. The molecule has 0 saturated carbocycles. The van der Waals surface area contributed by atoms with Crippen molar-refractivity contribution < 1.29 is 9.66 Å². The number of anilines is 1. The van der Waals surface area contributed by atoms with Gasteiger partial charge >= 0.3 is 0 Å². The van der Waals surface area contributed by atoms with Crippen LogP contribution in [0.4, 0.5) is 11.4 Å². The minimum absolute atomic E-state index is 0.139. The van der Waals surface area contributed by atoms with E-state index in [9.17, 15) is 10.1 Å². The Morgan fingerprint density at radius 1 is 1.41 bits per heavy atom. The molecule has 17 heavy (non-hydrogen) atoms. The smallest absolute Gasteiger partial charge is 0.292 e. The molecule has 0 aliphatic carbocycles. The first kappa shape index (κ1) is 11.9. The number of rotatable bonds is 3. The number of hydrogen-bond donors (Lipinski definition) is 1. The molecule has 1 N–H and O–H groups in total. The lowest BCUT2D eigenvalue weighted by atomic mass is 10.1. The van der Waals surface area contributed by atoms with Gasteiger partial charge in [0.15, 0.2) is 0 Å². The number of nitrogens with zero attached hydrogens (tertiary/aromatic N) is 1. The van der Waals surface area contributed by atoms with Crippen molar-refractivity contribution in [3.05, 3.63) is 33.4 Å². The zero-order chi connectivity index (χ0) is 12.4. The highest BCUT2D eigenvalue weighted by Gasteiger charge is 2.21. The van der Waals surface area contributed by atoms with Crippen molar-refractivity contribution in [1.29, 1.82) is 0 Å². The Kier molecular flexibility index (Phi) is 3.28. The quantitative estimate of drug-likeness (QED) is 0.646. The van der Waals surface area contributed by atoms with Gasteiger partial charge in [0.25, 0.3) is 5.69 Å². The molecule has 92 valence electrons. The van der Waals surface area contributed by atoms with Crippen LogP contribution in [0.25, 0.3) is 0 Å². The molecule has 1 aromatic carbocycles. The molecular formula is C12H16N2O3. The lowest BCUT2D eigenvalue weighted by Gasteiger charge is -2.13. The van der Waals surface area contributed by atoms with Crippen LogP contribution in [0.2, 0.25) is 0 Å². The third-order valence-electron chi connectivity index (χ3n) is 3.10. The molecule has 5 heteroatoms. The molecule has 1 aromatic rings. The lowest BCUT2D eigenvalue weighted by molar-refractivity contribution is -0.384. The van der Waals surface area contributed by atoms with E-state index < -0.39 is 0 Å². The maximum absolute atomic E-state index is 11.0. The first-order valence-electron chi connectivity index (χ1n) is 5.68. The van der Waals surface area contributed by atoms with Crippen LogP contribution in [0, 0.1) is 24.0 Å². The monoisotopic (exact) mass is 236 g/mol. The normalized spacial score (nSPS) is 19.3. The van der Waals surface area contributed by atoms with E-state index in [2.05, 4.69) is 5.32 Å². The predicted octanol–water partition coefficient (Wildman–Crippen LogP) is 2.41. The molecule has 1 saturated heterocycles. The third-order valence-corrected chi connectivity index (χ3v) is 3.10. The van der Waals surface area contributed by atoms with Crippen LogP contribution < -0.4 is 5.32 Å². The van der Waals surface area contributed by atoms with E-state index in [4.69, 9.17) is 4.74 Å². The summed E-state index contributed by atoms with van der Waals surface area (Å²) in [7, 11) is 0. The molecule has 0 radical (unpaired) electrons.